The van der Waals surface area contributed by atoms with E-state index < -0.39 is 0 Å². The fraction of sp³-hybridized carbons (Fsp3) is 0.760. The average Bonchev–Trinajstić information content (AvgIpc) is 3.19. The number of hydrogen-bond donors (Lipinski definition) is 0. The summed E-state index contributed by atoms with van der Waals surface area (Å²) in [5.41, 5.74) is 7.10. The standard InChI is InChI=1S/C25H42P2/c1-9-18-20(11-3)24(15-7,26-22(18)13-5)17-25(16-8)21(12-4)19(10-2)23(14-6)27-25/h9-17H2,1-8H3. The second-order valence-electron chi connectivity index (χ2n) is 8.10. The van der Waals surface area contributed by atoms with Gasteiger partial charge in [0, 0.05) is 10.3 Å². The highest BCUT2D eigenvalue weighted by Crippen LogP contribution is 2.59. The Kier molecular flexibility index (Phi) is 8.17. The van der Waals surface area contributed by atoms with Gasteiger partial charge in [-0.15, -0.1) is 0 Å². The van der Waals surface area contributed by atoms with Gasteiger partial charge in [-0.3, -0.25) is 0 Å². The van der Waals surface area contributed by atoms with Crippen LogP contribution in [-0.4, -0.2) is 20.9 Å². The van der Waals surface area contributed by atoms with Crippen LogP contribution in [0.3, 0.4) is 0 Å². The van der Waals surface area contributed by atoms with Crippen molar-refractivity contribution in [1.82, 2.24) is 0 Å². The molecule has 2 aliphatic heterocycles. The van der Waals surface area contributed by atoms with Gasteiger partial charge in [-0.25, -0.2) is 0 Å². The molecule has 0 aromatic carbocycles. The zero-order valence-corrected chi connectivity index (χ0v) is 21.0. The third-order valence-corrected chi connectivity index (χ3v) is 11.1. The Morgan fingerprint density at radius 1 is 0.519 bits per heavy atom. The van der Waals surface area contributed by atoms with Crippen molar-refractivity contribution < 1.29 is 0 Å². The molecule has 0 saturated heterocycles. The molecule has 0 bridgehead atoms. The van der Waals surface area contributed by atoms with Crippen molar-refractivity contribution in [3.8, 4) is 0 Å². The molecule has 0 spiro atoms. The van der Waals surface area contributed by atoms with E-state index in [4.69, 9.17) is 0 Å². The summed E-state index contributed by atoms with van der Waals surface area (Å²) in [5, 5.41) is 4.26. The van der Waals surface area contributed by atoms with E-state index in [1.807, 2.05) is 11.1 Å². The molecule has 2 unspecified atom stereocenters. The van der Waals surface area contributed by atoms with E-state index in [1.165, 1.54) is 57.8 Å². The van der Waals surface area contributed by atoms with Gasteiger partial charge in [0.25, 0.3) is 0 Å². The molecule has 0 aliphatic carbocycles. The van der Waals surface area contributed by atoms with E-state index >= 15 is 0 Å². The number of rotatable bonds is 10. The van der Waals surface area contributed by atoms with Crippen LogP contribution in [0.4, 0.5) is 0 Å². The predicted octanol–water partition coefficient (Wildman–Crippen LogP) is 8.99. The molecule has 2 heterocycles. The molecule has 0 aromatic rings. The minimum absolute atomic E-state index is 0.386. The zero-order chi connectivity index (χ0) is 20.2. The number of allylic oxidation sites excluding steroid dienone is 4. The minimum atomic E-state index is 0.386. The summed E-state index contributed by atoms with van der Waals surface area (Å²) in [6.45, 7) is 19.2. The maximum absolute atomic E-state index is 2.46. The van der Waals surface area contributed by atoms with E-state index in [2.05, 4.69) is 55.4 Å². The normalized spacial score (nSPS) is 29.5. The molecule has 0 amide bonds. The van der Waals surface area contributed by atoms with Crippen LogP contribution in [-0.2, 0) is 0 Å². The fourth-order valence-electron chi connectivity index (χ4n) is 5.81. The maximum atomic E-state index is 2.46. The maximum Gasteiger partial charge on any atom is 0.0350 e. The SMILES string of the molecule is CCC1=PC(CC)(CC2(CC)P=C(CC)C(CC)=C2CC)C(CC)=C1CC. The Bertz CT molecular complexity index is 618. The molecule has 2 aliphatic rings. The van der Waals surface area contributed by atoms with E-state index in [0.717, 1.165) is 0 Å². The second kappa shape index (κ2) is 9.55. The van der Waals surface area contributed by atoms with Gasteiger partial charge in [0.2, 0.25) is 0 Å². The van der Waals surface area contributed by atoms with Crippen molar-refractivity contribution in [2.75, 3.05) is 0 Å². The lowest BCUT2D eigenvalue weighted by molar-refractivity contribution is 0.478. The molecule has 0 N–H and O–H groups in total. The summed E-state index contributed by atoms with van der Waals surface area (Å²) in [7, 11) is 3.29. The van der Waals surface area contributed by atoms with Gasteiger partial charge in [0.05, 0.1) is 0 Å². The van der Waals surface area contributed by atoms with Gasteiger partial charge in [-0.2, -0.15) is 0 Å². The Morgan fingerprint density at radius 3 is 1.11 bits per heavy atom. The van der Waals surface area contributed by atoms with E-state index in [0.29, 0.717) is 10.3 Å². The Morgan fingerprint density at radius 2 is 0.889 bits per heavy atom. The summed E-state index contributed by atoms with van der Waals surface area (Å²) in [5.74, 6) is 0. The summed E-state index contributed by atoms with van der Waals surface area (Å²) in [4.78, 5) is 0. The van der Waals surface area contributed by atoms with Gasteiger partial charge >= 0.3 is 0 Å². The highest BCUT2D eigenvalue weighted by molar-refractivity contribution is 7.45. The van der Waals surface area contributed by atoms with Crippen LogP contribution < -0.4 is 0 Å². The third kappa shape index (κ3) is 3.83. The first-order valence-electron chi connectivity index (χ1n) is 11.6. The molecule has 0 fully saturated rings. The van der Waals surface area contributed by atoms with Crippen LogP contribution in [0.15, 0.2) is 22.3 Å². The lowest BCUT2D eigenvalue weighted by Gasteiger charge is -2.40. The summed E-state index contributed by atoms with van der Waals surface area (Å²) < 4.78 is 0. The van der Waals surface area contributed by atoms with Crippen LogP contribution in [0.5, 0.6) is 0 Å². The highest BCUT2D eigenvalue weighted by Gasteiger charge is 2.47. The van der Waals surface area contributed by atoms with Gasteiger partial charge in [0.1, 0.15) is 0 Å². The Labute approximate surface area is 172 Å². The smallest absolute Gasteiger partial charge is 0.0350 e. The first-order valence-corrected chi connectivity index (χ1v) is 13.4. The van der Waals surface area contributed by atoms with Crippen LogP contribution in [0.2, 0.25) is 0 Å². The van der Waals surface area contributed by atoms with E-state index in [-0.39, 0.29) is 0 Å². The van der Waals surface area contributed by atoms with E-state index in [9.17, 15) is 0 Å². The summed E-state index contributed by atoms with van der Waals surface area (Å²) in [6.07, 6.45) is 11.3. The quantitative estimate of drug-likeness (QED) is 0.319. The fourth-order valence-corrected chi connectivity index (χ4v) is 10.0. The molecule has 0 radical (unpaired) electrons. The lowest BCUT2D eigenvalue weighted by Crippen LogP contribution is -2.35. The van der Waals surface area contributed by atoms with Crippen LogP contribution in [0.25, 0.3) is 0 Å². The van der Waals surface area contributed by atoms with Crippen LogP contribution in [0, 0.1) is 0 Å². The minimum Gasteiger partial charge on any atom is -0.0893 e. The van der Waals surface area contributed by atoms with Crippen LogP contribution >= 0.6 is 16.4 Å². The average molecular weight is 405 g/mol. The third-order valence-electron chi connectivity index (χ3n) is 7.09. The first-order chi connectivity index (χ1) is 13.0. The van der Waals surface area contributed by atoms with Gasteiger partial charge < -0.3 is 0 Å². The van der Waals surface area contributed by atoms with E-state index in [1.54, 1.807) is 38.1 Å². The Balaban J connectivity index is 2.63. The van der Waals surface area contributed by atoms with Crippen molar-refractivity contribution in [2.24, 2.45) is 0 Å². The molecule has 0 saturated carbocycles. The number of hydrogen-bond acceptors (Lipinski definition) is 0. The second-order valence-corrected chi connectivity index (χ2v) is 11.3. The van der Waals surface area contributed by atoms with Crippen molar-refractivity contribution in [1.29, 1.82) is 0 Å². The molecule has 152 valence electrons. The summed E-state index contributed by atoms with van der Waals surface area (Å²) >= 11 is 0. The van der Waals surface area contributed by atoms with Gasteiger partial charge in [0.15, 0.2) is 0 Å². The van der Waals surface area contributed by atoms with Crippen molar-refractivity contribution >= 4 is 27.0 Å². The van der Waals surface area contributed by atoms with Gasteiger partial charge in [-0.05, 0) is 79.5 Å². The zero-order valence-electron chi connectivity index (χ0n) is 19.3. The molecular formula is C25H42P2. The molecule has 2 heteroatoms. The summed E-state index contributed by atoms with van der Waals surface area (Å²) in [6, 6.07) is 0. The predicted molar refractivity (Wildman–Crippen MR) is 130 cm³/mol. The molecule has 2 atom stereocenters. The van der Waals surface area contributed by atoms with Gasteiger partial charge in [-0.1, -0.05) is 82.9 Å². The highest BCUT2D eigenvalue weighted by atomic mass is 31.1. The molecule has 2 rings (SSSR count). The molecule has 0 nitrogen and oxygen atoms in total. The Hall–Kier alpha value is -0.180. The van der Waals surface area contributed by atoms with Crippen LogP contribution in [0.1, 0.15) is 113 Å². The first kappa shape index (κ1) is 23.1. The van der Waals surface area contributed by atoms with Crippen molar-refractivity contribution in [3.05, 3.63) is 22.3 Å². The monoisotopic (exact) mass is 404 g/mol. The largest absolute Gasteiger partial charge is 0.0893 e. The molecule has 0 aromatic heterocycles. The van der Waals surface area contributed by atoms with Crippen molar-refractivity contribution in [3.63, 3.8) is 0 Å². The molecular weight excluding hydrogens is 362 g/mol. The molecule has 27 heavy (non-hydrogen) atoms. The topological polar surface area (TPSA) is 0 Å². The van der Waals surface area contributed by atoms with Crippen molar-refractivity contribution in [2.45, 2.75) is 123 Å². The lowest BCUT2D eigenvalue weighted by atomic mass is 9.75.